The summed E-state index contributed by atoms with van der Waals surface area (Å²) in [6, 6.07) is 5.49. The maximum atomic E-state index is 10.2. The molecule has 0 aromatic heterocycles. The molecule has 1 aromatic carbocycles. The van der Waals surface area contributed by atoms with E-state index in [0.717, 1.165) is 37.0 Å². The third-order valence-electron chi connectivity index (χ3n) is 4.71. The molecule has 2 aliphatic heterocycles. The Labute approximate surface area is 120 Å². The third kappa shape index (κ3) is 2.18. The maximum Gasteiger partial charge on any atom is 0.129 e. The molecule has 3 atom stereocenters. The molecule has 3 heteroatoms. The summed E-state index contributed by atoms with van der Waals surface area (Å²) < 4.78 is 12.5. The predicted octanol–water partition coefficient (Wildman–Crippen LogP) is 4.20. The summed E-state index contributed by atoms with van der Waals surface area (Å²) in [4.78, 5) is 0. The standard InChI is InChI=1S/C17H24O3/c1-4-6-11-9-10-12-16(19-11)15-13(18)7-5-8-14(15)20-17(12,2)3/h5,7-8,11-12,16,18H,4,6,9-10H2,1-3H3/t11-,12-,16-/m1/s1. The molecule has 0 unspecified atom stereocenters. The highest BCUT2D eigenvalue weighted by Gasteiger charge is 2.48. The van der Waals surface area contributed by atoms with Crippen molar-refractivity contribution in [1.82, 2.24) is 0 Å². The number of hydrogen-bond donors (Lipinski definition) is 1. The van der Waals surface area contributed by atoms with E-state index in [9.17, 15) is 5.11 Å². The number of phenolic OH excluding ortho intramolecular Hbond substituents is 1. The highest BCUT2D eigenvalue weighted by Crippen LogP contribution is 2.53. The molecule has 3 rings (SSSR count). The molecule has 110 valence electrons. The van der Waals surface area contributed by atoms with Gasteiger partial charge in [-0.1, -0.05) is 19.4 Å². The summed E-state index contributed by atoms with van der Waals surface area (Å²) in [6.07, 6.45) is 4.67. The van der Waals surface area contributed by atoms with Gasteiger partial charge in [0, 0.05) is 5.92 Å². The molecular formula is C17H24O3. The van der Waals surface area contributed by atoms with Crippen LogP contribution in [0.5, 0.6) is 11.5 Å². The Morgan fingerprint density at radius 2 is 2.10 bits per heavy atom. The van der Waals surface area contributed by atoms with Gasteiger partial charge in [0.1, 0.15) is 17.1 Å². The minimum atomic E-state index is -0.247. The van der Waals surface area contributed by atoms with Gasteiger partial charge in [-0.25, -0.2) is 0 Å². The van der Waals surface area contributed by atoms with Gasteiger partial charge in [-0.3, -0.25) is 0 Å². The Kier molecular flexibility index (Phi) is 3.41. The van der Waals surface area contributed by atoms with Crippen LogP contribution in [0.15, 0.2) is 18.2 Å². The van der Waals surface area contributed by atoms with Crippen LogP contribution >= 0.6 is 0 Å². The molecule has 0 saturated carbocycles. The second-order valence-electron chi connectivity index (χ2n) is 6.55. The molecule has 1 aromatic rings. The lowest BCUT2D eigenvalue weighted by Gasteiger charge is -2.48. The second-order valence-corrected chi connectivity index (χ2v) is 6.55. The van der Waals surface area contributed by atoms with Gasteiger partial charge in [0.2, 0.25) is 0 Å². The van der Waals surface area contributed by atoms with Crippen molar-refractivity contribution in [3.63, 3.8) is 0 Å². The Morgan fingerprint density at radius 1 is 1.30 bits per heavy atom. The molecule has 1 fully saturated rings. The van der Waals surface area contributed by atoms with Crippen LogP contribution in [0.25, 0.3) is 0 Å². The highest BCUT2D eigenvalue weighted by atomic mass is 16.5. The molecular weight excluding hydrogens is 252 g/mol. The van der Waals surface area contributed by atoms with Crippen molar-refractivity contribution in [3.8, 4) is 11.5 Å². The normalized spacial score (nSPS) is 31.1. The number of benzene rings is 1. The molecule has 0 aliphatic carbocycles. The lowest BCUT2D eigenvalue weighted by molar-refractivity contribution is -0.151. The minimum Gasteiger partial charge on any atom is -0.507 e. The molecule has 0 amide bonds. The van der Waals surface area contributed by atoms with Crippen LogP contribution in [-0.4, -0.2) is 16.8 Å². The van der Waals surface area contributed by atoms with Gasteiger partial charge in [0.15, 0.2) is 0 Å². The lowest BCUT2D eigenvalue weighted by atomic mass is 9.74. The first-order chi connectivity index (χ1) is 9.53. The number of ether oxygens (including phenoxy) is 2. The molecule has 1 saturated heterocycles. The van der Waals surface area contributed by atoms with Crippen LogP contribution in [0, 0.1) is 5.92 Å². The van der Waals surface area contributed by atoms with E-state index >= 15 is 0 Å². The average molecular weight is 276 g/mol. The number of phenols is 1. The van der Waals surface area contributed by atoms with Crippen molar-refractivity contribution in [3.05, 3.63) is 23.8 Å². The van der Waals surface area contributed by atoms with Gasteiger partial charge in [-0.05, 0) is 45.2 Å². The molecule has 3 nitrogen and oxygen atoms in total. The molecule has 2 aliphatic rings. The Bertz CT molecular complexity index is 495. The van der Waals surface area contributed by atoms with Crippen LogP contribution in [0.3, 0.4) is 0 Å². The first-order valence-electron chi connectivity index (χ1n) is 7.69. The van der Waals surface area contributed by atoms with E-state index in [2.05, 4.69) is 20.8 Å². The van der Waals surface area contributed by atoms with Crippen molar-refractivity contribution in [2.45, 2.75) is 64.3 Å². The van der Waals surface area contributed by atoms with E-state index < -0.39 is 0 Å². The van der Waals surface area contributed by atoms with Crippen molar-refractivity contribution < 1.29 is 14.6 Å². The van der Waals surface area contributed by atoms with Gasteiger partial charge in [0.25, 0.3) is 0 Å². The molecule has 1 N–H and O–H groups in total. The summed E-state index contributed by atoms with van der Waals surface area (Å²) in [6.45, 7) is 6.44. The Morgan fingerprint density at radius 3 is 2.85 bits per heavy atom. The van der Waals surface area contributed by atoms with Gasteiger partial charge < -0.3 is 14.6 Å². The summed E-state index contributed by atoms with van der Waals surface area (Å²) in [5, 5.41) is 10.2. The first kappa shape index (κ1) is 13.7. The fourth-order valence-electron chi connectivity index (χ4n) is 3.67. The van der Waals surface area contributed by atoms with Crippen molar-refractivity contribution >= 4 is 0 Å². The summed E-state index contributed by atoms with van der Waals surface area (Å²) in [7, 11) is 0. The Hall–Kier alpha value is -1.22. The van der Waals surface area contributed by atoms with Gasteiger partial charge in [0.05, 0.1) is 17.8 Å². The minimum absolute atomic E-state index is 0.0414. The number of aromatic hydroxyl groups is 1. The SMILES string of the molecule is CCC[C@@H]1CC[C@@H]2[C@@H](O1)c1c(O)cccc1OC2(C)C. The number of hydrogen-bond acceptors (Lipinski definition) is 3. The van der Waals surface area contributed by atoms with Crippen LogP contribution in [0.4, 0.5) is 0 Å². The number of rotatable bonds is 2. The first-order valence-corrected chi connectivity index (χ1v) is 7.69. The largest absolute Gasteiger partial charge is 0.507 e. The zero-order valence-electron chi connectivity index (χ0n) is 12.6. The molecule has 20 heavy (non-hydrogen) atoms. The van der Waals surface area contributed by atoms with E-state index in [4.69, 9.17) is 9.47 Å². The summed E-state index contributed by atoms with van der Waals surface area (Å²) >= 11 is 0. The summed E-state index contributed by atoms with van der Waals surface area (Å²) in [5.74, 6) is 1.37. The maximum absolute atomic E-state index is 10.2. The zero-order chi connectivity index (χ0) is 14.3. The van der Waals surface area contributed by atoms with Gasteiger partial charge >= 0.3 is 0 Å². The zero-order valence-corrected chi connectivity index (χ0v) is 12.6. The quantitative estimate of drug-likeness (QED) is 0.879. The summed E-state index contributed by atoms with van der Waals surface area (Å²) in [5.41, 5.74) is 0.598. The molecule has 0 spiro atoms. The monoisotopic (exact) mass is 276 g/mol. The van der Waals surface area contributed by atoms with E-state index in [1.165, 1.54) is 0 Å². The molecule has 0 radical (unpaired) electrons. The van der Waals surface area contributed by atoms with Crippen molar-refractivity contribution in [2.24, 2.45) is 5.92 Å². The smallest absolute Gasteiger partial charge is 0.129 e. The van der Waals surface area contributed by atoms with E-state index in [0.29, 0.717) is 17.8 Å². The molecule has 2 heterocycles. The van der Waals surface area contributed by atoms with E-state index in [1.807, 2.05) is 12.1 Å². The second kappa shape index (κ2) is 4.96. The van der Waals surface area contributed by atoms with Crippen LogP contribution in [0.1, 0.15) is 58.1 Å². The van der Waals surface area contributed by atoms with Gasteiger partial charge in [-0.2, -0.15) is 0 Å². The van der Waals surface area contributed by atoms with Crippen LogP contribution < -0.4 is 4.74 Å². The molecule has 0 bridgehead atoms. The van der Waals surface area contributed by atoms with Crippen molar-refractivity contribution in [2.75, 3.05) is 0 Å². The number of fused-ring (bicyclic) bond motifs is 3. The highest BCUT2D eigenvalue weighted by molar-refractivity contribution is 5.48. The van der Waals surface area contributed by atoms with E-state index in [1.54, 1.807) is 6.07 Å². The average Bonchev–Trinajstić information content (AvgIpc) is 2.38. The Balaban J connectivity index is 1.99. The van der Waals surface area contributed by atoms with Crippen LogP contribution in [-0.2, 0) is 4.74 Å². The van der Waals surface area contributed by atoms with Crippen LogP contribution in [0.2, 0.25) is 0 Å². The fraction of sp³-hybridized carbons (Fsp3) is 0.647. The fourth-order valence-corrected chi connectivity index (χ4v) is 3.67. The third-order valence-corrected chi connectivity index (χ3v) is 4.71. The van der Waals surface area contributed by atoms with E-state index in [-0.39, 0.29) is 11.7 Å². The van der Waals surface area contributed by atoms with Gasteiger partial charge in [-0.15, -0.1) is 0 Å². The van der Waals surface area contributed by atoms with Crippen molar-refractivity contribution in [1.29, 1.82) is 0 Å². The predicted molar refractivity (Wildman–Crippen MR) is 78.1 cm³/mol. The topological polar surface area (TPSA) is 38.7 Å². The lowest BCUT2D eigenvalue weighted by Crippen LogP contribution is -2.48.